The summed E-state index contributed by atoms with van der Waals surface area (Å²) in [5.74, 6) is 0.653. The van der Waals surface area contributed by atoms with E-state index in [1.807, 2.05) is 18.2 Å². The van der Waals surface area contributed by atoms with E-state index in [4.69, 9.17) is 9.97 Å². The van der Waals surface area contributed by atoms with Crippen LogP contribution in [0, 0.1) is 12.1 Å². The zero-order valence-electron chi connectivity index (χ0n) is 28.6. The first-order valence-corrected chi connectivity index (χ1v) is 17.4. The second-order valence-electron chi connectivity index (χ2n) is 13.7. The van der Waals surface area contributed by atoms with Crippen LogP contribution in [0.4, 0.5) is 0 Å². The van der Waals surface area contributed by atoms with Crippen LogP contribution in [0.15, 0.2) is 170 Å². The zero-order valence-corrected chi connectivity index (χ0v) is 28.6. The molecular weight excluding hydrogens is 617 g/mol. The van der Waals surface area contributed by atoms with Crippen LogP contribution in [0.5, 0.6) is 0 Å². The maximum absolute atomic E-state index is 5.22. The molecule has 2 heteroatoms. The van der Waals surface area contributed by atoms with Gasteiger partial charge in [0.25, 0.3) is 0 Å². The number of nitrogens with zero attached hydrogens (tertiary/aromatic N) is 2. The molecule has 0 aliphatic heterocycles. The summed E-state index contributed by atoms with van der Waals surface area (Å²) in [4.78, 5) is 10.4. The van der Waals surface area contributed by atoms with Crippen molar-refractivity contribution in [2.45, 2.75) is 19.3 Å². The summed E-state index contributed by atoms with van der Waals surface area (Å²) < 4.78 is 0. The third kappa shape index (κ3) is 5.41. The third-order valence-corrected chi connectivity index (χ3v) is 10.2. The van der Waals surface area contributed by atoms with Crippen LogP contribution < -0.4 is 0 Å². The van der Waals surface area contributed by atoms with Crippen LogP contribution in [0.1, 0.15) is 25.0 Å². The highest BCUT2D eigenvalue weighted by atomic mass is 14.9. The predicted octanol–water partition coefficient (Wildman–Crippen LogP) is 12.4. The molecule has 51 heavy (non-hydrogen) atoms. The van der Waals surface area contributed by atoms with Crippen LogP contribution in [0.25, 0.3) is 78.4 Å². The quantitative estimate of drug-likeness (QED) is 0.179. The van der Waals surface area contributed by atoms with Crippen molar-refractivity contribution in [1.29, 1.82) is 0 Å². The summed E-state index contributed by atoms with van der Waals surface area (Å²) in [7, 11) is 0. The molecule has 0 amide bonds. The molecule has 0 saturated heterocycles. The van der Waals surface area contributed by atoms with Gasteiger partial charge in [-0.2, -0.15) is 0 Å². The summed E-state index contributed by atoms with van der Waals surface area (Å²) >= 11 is 0. The Kier molecular flexibility index (Phi) is 7.41. The SMILES string of the molecule is CC1(C)c2ccccc2-c2cc(-c3ccccc3-c3cc(-c4ccc(-c5ccccc5)c(-c5ccccc5)c4)nc(-c4cc#ccc4)n3)ccc21. The second kappa shape index (κ2) is 12.4. The summed E-state index contributed by atoms with van der Waals surface area (Å²) in [5.41, 5.74) is 17.0. The molecule has 0 bridgehead atoms. The average molecular weight is 651 g/mol. The van der Waals surface area contributed by atoms with Crippen LogP contribution in [0.3, 0.4) is 0 Å². The maximum Gasteiger partial charge on any atom is 0.161 e. The van der Waals surface area contributed by atoms with Gasteiger partial charge < -0.3 is 0 Å². The molecule has 0 unspecified atom stereocenters. The van der Waals surface area contributed by atoms with Gasteiger partial charge in [-0.25, -0.2) is 9.97 Å². The molecule has 8 aromatic rings. The standard InChI is InChI=1S/C49H34N2/c1-49(2)44-25-15-14-23-40(44)43-30-36(27-29-45(43)49)38-22-12-13-24-41(38)47-32-46(50-48(51-47)35-20-10-5-11-21-35)37-26-28-39(33-16-6-3-7-17-33)42(31-37)34-18-8-4-9-19-34/h3-4,6-10,12-32H,1-2H3. The summed E-state index contributed by atoms with van der Waals surface area (Å²) in [6.07, 6.45) is 0. The predicted molar refractivity (Wildman–Crippen MR) is 210 cm³/mol. The molecule has 9 rings (SSSR count). The van der Waals surface area contributed by atoms with Crippen molar-refractivity contribution in [2.24, 2.45) is 0 Å². The number of hydrogen-bond acceptors (Lipinski definition) is 2. The van der Waals surface area contributed by atoms with Gasteiger partial charge in [0.1, 0.15) is 0 Å². The lowest BCUT2D eigenvalue weighted by Gasteiger charge is -2.21. The molecular formula is C49H34N2. The lowest BCUT2D eigenvalue weighted by molar-refractivity contribution is 0.660. The molecule has 1 aliphatic carbocycles. The van der Waals surface area contributed by atoms with Gasteiger partial charge in [0.05, 0.1) is 11.4 Å². The van der Waals surface area contributed by atoms with Gasteiger partial charge in [0.2, 0.25) is 0 Å². The lowest BCUT2D eigenvalue weighted by Crippen LogP contribution is -2.14. The Balaban J connectivity index is 1.22. The Morgan fingerprint density at radius 3 is 1.73 bits per heavy atom. The number of benzene rings is 6. The smallest absolute Gasteiger partial charge is 0.161 e. The van der Waals surface area contributed by atoms with Crippen molar-refractivity contribution in [2.75, 3.05) is 0 Å². The highest BCUT2D eigenvalue weighted by Gasteiger charge is 2.35. The van der Waals surface area contributed by atoms with Crippen molar-refractivity contribution in [3.05, 3.63) is 193 Å². The van der Waals surface area contributed by atoms with Crippen LogP contribution in [-0.2, 0) is 5.41 Å². The van der Waals surface area contributed by atoms with Crippen molar-refractivity contribution in [1.82, 2.24) is 9.97 Å². The summed E-state index contributed by atoms with van der Waals surface area (Å²) in [5, 5.41) is 0. The number of fused-ring (bicyclic) bond motifs is 3. The fourth-order valence-electron chi connectivity index (χ4n) is 7.62. The van der Waals surface area contributed by atoms with Gasteiger partial charge in [-0.3, -0.25) is 0 Å². The highest BCUT2D eigenvalue weighted by molar-refractivity contribution is 5.90. The Bertz CT molecular complexity index is 2530. The molecule has 0 fully saturated rings. The molecule has 1 aromatic heterocycles. The lowest BCUT2D eigenvalue weighted by atomic mass is 9.82. The van der Waals surface area contributed by atoms with Gasteiger partial charge in [0, 0.05) is 22.1 Å². The van der Waals surface area contributed by atoms with Crippen LogP contribution in [0.2, 0.25) is 0 Å². The summed E-state index contributed by atoms with van der Waals surface area (Å²) in [6, 6.07) is 66.2. The summed E-state index contributed by atoms with van der Waals surface area (Å²) in [6.45, 7) is 4.65. The van der Waals surface area contributed by atoms with Crippen molar-refractivity contribution < 1.29 is 0 Å². The number of rotatable bonds is 6. The molecule has 0 saturated carbocycles. The van der Waals surface area contributed by atoms with Gasteiger partial charge in [0.15, 0.2) is 5.82 Å². The van der Waals surface area contributed by atoms with E-state index in [2.05, 4.69) is 178 Å². The monoisotopic (exact) mass is 650 g/mol. The van der Waals surface area contributed by atoms with Crippen LogP contribution >= 0.6 is 0 Å². The maximum atomic E-state index is 5.22. The number of hydrogen-bond donors (Lipinski definition) is 0. The minimum atomic E-state index is -0.0424. The minimum absolute atomic E-state index is 0.0424. The topological polar surface area (TPSA) is 25.8 Å². The minimum Gasteiger partial charge on any atom is -0.228 e. The average Bonchev–Trinajstić information content (AvgIpc) is 3.44. The fourth-order valence-corrected chi connectivity index (χ4v) is 7.62. The molecule has 0 radical (unpaired) electrons. The van der Waals surface area contributed by atoms with E-state index in [0.717, 1.165) is 44.8 Å². The van der Waals surface area contributed by atoms with Gasteiger partial charge in [-0.1, -0.05) is 159 Å². The first kappa shape index (κ1) is 30.5. The molecule has 0 atom stereocenters. The Morgan fingerprint density at radius 1 is 0.392 bits per heavy atom. The van der Waals surface area contributed by atoms with E-state index < -0.39 is 0 Å². The van der Waals surface area contributed by atoms with Crippen molar-refractivity contribution in [3.8, 4) is 78.4 Å². The van der Waals surface area contributed by atoms with E-state index >= 15 is 0 Å². The van der Waals surface area contributed by atoms with E-state index in [1.165, 1.54) is 38.9 Å². The van der Waals surface area contributed by atoms with Gasteiger partial charge in [-0.05, 0) is 92.0 Å². The molecule has 0 N–H and O–H groups in total. The van der Waals surface area contributed by atoms with Gasteiger partial charge >= 0.3 is 0 Å². The fraction of sp³-hybridized carbons (Fsp3) is 0.0612. The Labute approximate surface area is 299 Å². The van der Waals surface area contributed by atoms with Crippen molar-refractivity contribution in [3.63, 3.8) is 0 Å². The number of aromatic nitrogens is 2. The molecule has 2 nitrogen and oxygen atoms in total. The zero-order chi connectivity index (χ0) is 34.4. The van der Waals surface area contributed by atoms with Crippen molar-refractivity contribution >= 4 is 0 Å². The first-order chi connectivity index (χ1) is 25.0. The van der Waals surface area contributed by atoms with E-state index in [1.54, 1.807) is 0 Å². The van der Waals surface area contributed by atoms with Crippen LogP contribution in [-0.4, -0.2) is 9.97 Å². The Morgan fingerprint density at radius 2 is 0.980 bits per heavy atom. The molecule has 1 heterocycles. The molecule has 240 valence electrons. The van der Waals surface area contributed by atoms with E-state index in [9.17, 15) is 0 Å². The molecule has 7 aromatic carbocycles. The molecule has 1 aliphatic rings. The third-order valence-electron chi connectivity index (χ3n) is 10.2. The van der Waals surface area contributed by atoms with E-state index in [-0.39, 0.29) is 5.41 Å². The largest absolute Gasteiger partial charge is 0.228 e. The molecule has 0 spiro atoms. The van der Waals surface area contributed by atoms with E-state index in [0.29, 0.717) is 5.82 Å². The van der Waals surface area contributed by atoms with Gasteiger partial charge in [-0.15, -0.1) is 0 Å². The normalized spacial score (nSPS) is 12.5. The highest BCUT2D eigenvalue weighted by Crippen LogP contribution is 2.50. The Hall–Kier alpha value is -6.56. The second-order valence-corrected chi connectivity index (χ2v) is 13.7. The first-order valence-electron chi connectivity index (χ1n) is 17.4.